The Balaban J connectivity index is 2.96. The highest BCUT2D eigenvalue weighted by Gasteiger charge is 2.31. The Morgan fingerprint density at radius 3 is 2.24 bits per heavy atom. The van der Waals surface area contributed by atoms with Gasteiger partial charge in [0.1, 0.15) is 5.75 Å². The molecule has 0 aliphatic heterocycles. The maximum absolute atomic E-state index is 12.0. The van der Waals surface area contributed by atoms with Gasteiger partial charge in [0.2, 0.25) is 0 Å². The largest absolute Gasteiger partial charge is 0.573 e. The third-order valence-corrected chi connectivity index (χ3v) is 1.58. The summed E-state index contributed by atoms with van der Waals surface area (Å²) in [7, 11) is 1.16. The minimum Gasteiger partial charge on any atom is -0.493 e. The maximum atomic E-state index is 12.0. The summed E-state index contributed by atoms with van der Waals surface area (Å²) in [6, 6.07) is 2.61. The van der Waals surface area contributed by atoms with E-state index in [-0.39, 0.29) is 5.75 Å². The Morgan fingerprint density at radius 1 is 1.12 bits per heavy atom. The van der Waals surface area contributed by atoms with E-state index in [4.69, 9.17) is 0 Å². The lowest BCUT2D eigenvalue weighted by atomic mass is 10.3. The molecule has 0 atom stereocenters. The second-order valence-corrected chi connectivity index (χ2v) is 2.74. The molecule has 0 spiro atoms. The van der Waals surface area contributed by atoms with E-state index >= 15 is 0 Å². The zero-order valence-corrected chi connectivity index (χ0v) is 8.42. The molecule has 0 radical (unpaired) electrons. The van der Waals surface area contributed by atoms with E-state index in [2.05, 4.69) is 14.2 Å². The maximum Gasteiger partial charge on any atom is 0.573 e. The molecule has 0 N–H and O–H groups in total. The van der Waals surface area contributed by atoms with Crippen LogP contribution in [0.25, 0.3) is 0 Å². The van der Waals surface area contributed by atoms with Gasteiger partial charge in [-0.05, 0) is 12.1 Å². The fourth-order valence-corrected chi connectivity index (χ4v) is 1.04. The summed E-state index contributed by atoms with van der Waals surface area (Å²) in [6.07, 6.45) is -4.91. The number of halogens is 5. The highest BCUT2D eigenvalue weighted by molar-refractivity contribution is 5.45. The van der Waals surface area contributed by atoms with Gasteiger partial charge in [-0.2, -0.15) is 8.78 Å². The van der Waals surface area contributed by atoms with Crippen molar-refractivity contribution >= 4 is 0 Å². The molecule has 17 heavy (non-hydrogen) atoms. The van der Waals surface area contributed by atoms with Gasteiger partial charge >= 0.3 is 13.0 Å². The Hall–Kier alpha value is -1.73. The van der Waals surface area contributed by atoms with Gasteiger partial charge in [0, 0.05) is 6.07 Å². The van der Waals surface area contributed by atoms with Crippen LogP contribution in [0.5, 0.6) is 17.2 Å². The van der Waals surface area contributed by atoms with Gasteiger partial charge in [0.25, 0.3) is 0 Å². The standard InChI is InChI=1S/C9H7F5O3/c1-15-6-3-2-5(17-9(12,13)14)4-7(6)16-8(10)11/h2-4,8H,1H3. The van der Waals surface area contributed by atoms with Crippen LogP contribution in [-0.2, 0) is 0 Å². The third kappa shape index (κ3) is 4.33. The smallest absolute Gasteiger partial charge is 0.493 e. The number of hydrogen-bond acceptors (Lipinski definition) is 3. The number of methoxy groups -OCH3 is 1. The van der Waals surface area contributed by atoms with E-state index in [0.29, 0.717) is 6.07 Å². The van der Waals surface area contributed by atoms with Crippen molar-refractivity contribution in [2.45, 2.75) is 13.0 Å². The molecule has 0 bridgehead atoms. The second-order valence-electron chi connectivity index (χ2n) is 2.74. The van der Waals surface area contributed by atoms with Gasteiger partial charge in [-0.3, -0.25) is 0 Å². The average Bonchev–Trinajstić information content (AvgIpc) is 2.14. The molecule has 96 valence electrons. The number of hydrogen-bond donors (Lipinski definition) is 0. The first kappa shape index (κ1) is 13.3. The van der Waals surface area contributed by atoms with Crippen molar-refractivity contribution in [2.75, 3.05) is 7.11 Å². The lowest BCUT2D eigenvalue weighted by Gasteiger charge is -2.13. The van der Waals surface area contributed by atoms with Crippen LogP contribution in [0.2, 0.25) is 0 Å². The van der Waals surface area contributed by atoms with Crippen LogP contribution in [0, 0.1) is 0 Å². The third-order valence-electron chi connectivity index (χ3n) is 1.58. The predicted octanol–water partition coefficient (Wildman–Crippen LogP) is 3.20. The minimum atomic E-state index is -4.91. The minimum absolute atomic E-state index is 0.125. The fourth-order valence-electron chi connectivity index (χ4n) is 1.04. The molecule has 0 saturated heterocycles. The van der Waals surface area contributed by atoms with Gasteiger partial charge in [0.05, 0.1) is 7.11 Å². The summed E-state index contributed by atoms with van der Waals surface area (Å²) < 4.78 is 71.7. The summed E-state index contributed by atoms with van der Waals surface area (Å²) >= 11 is 0. The quantitative estimate of drug-likeness (QED) is 0.776. The first-order valence-corrected chi connectivity index (χ1v) is 4.20. The van der Waals surface area contributed by atoms with Crippen LogP contribution in [-0.4, -0.2) is 20.1 Å². The summed E-state index contributed by atoms with van der Waals surface area (Å²) in [4.78, 5) is 0. The molecule has 0 aliphatic rings. The molecule has 0 saturated carbocycles. The summed E-state index contributed by atoms with van der Waals surface area (Å²) in [5.74, 6) is -1.34. The van der Waals surface area contributed by atoms with Crippen LogP contribution in [0.15, 0.2) is 18.2 Å². The van der Waals surface area contributed by atoms with E-state index in [9.17, 15) is 22.0 Å². The number of ether oxygens (including phenoxy) is 3. The van der Waals surface area contributed by atoms with Crippen molar-refractivity contribution in [3.63, 3.8) is 0 Å². The Bertz CT molecular complexity index is 377. The zero-order valence-electron chi connectivity index (χ0n) is 8.42. The summed E-state index contributed by atoms with van der Waals surface area (Å²) in [5.41, 5.74) is 0. The lowest BCUT2D eigenvalue weighted by Crippen LogP contribution is -2.17. The molecular formula is C9H7F5O3. The van der Waals surface area contributed by atoms with Crippen LogP contribution in [0.4, 0.5) is 22.0 Å². The predicted molar refractivity (Wildman–Crippen MR) is 46.3 cm³/mol. The molecule has 1 aromatic carbocycles. The monoisotopic (exact) mass is 258 g/mol. The molecule has 3 nitrogen and oxygen atoms in total. The van der Waals surface area contributed by atoms with Crippen molar-refractivity contribution in [2.24, 2.45) is 0 Å². The van der Waals surface area contributed by atoms with E-state index < -0.39 is 24.5 Å². The summed E-state index contributed by atoms with van der Waals surface area (Å²) in [5, 5.41) is 0. The topological polar surface area (TPSA) is 27.7 Å². The Morgan fingerprint density at radius 2 is 1.76 bits per heavy atom. The molecule has 0 aromatic heterocycles. The van der Waals surface area contributed by atoms with Gasteiger partial charge < -0.3 is 14.2 Å². The van der Waals surface area contributed by atoms with Gasteiger partial charge in [-0.1, -0.05) is 0 Å². The van der Waals surface area contributed by atoms with Crippen molar-refractivity contribution in [1.29, 1.82) is 0 Å². The number of rotatable bonds is 4. The molecule has 8 heteroatoms. The van der Waals surface area contributed by atoms with Crippen molar-refractivity contribution < 1.29 is 36.2 Å². The lowest BCUT2D eigenvalue weighted by molar-refractivity contribution is -0.274. The fraction of sp³-hybridized carbons (Fsp3) is 0.333. The van der Waals surface area contributed by atoms with Gasteiger partial charge in [-0.15, -0.1) is 13.2 Å². The Kier molecular flexibility index (Phi) is 3.97. The average molecular weight is 258 g/mol. The van der Waals surface area contributed by atoms with Crippen LogP contribution in [0.3, 0.4) is 0 Å². The van der Waals surface area contributed by atoms with Crippen molar-refractivity contribution in [1.82, 2.24) is 0 Å². The first-order chi connectivity index (χ1) is 7.81. The van der Waals surface area contributed by atoms with Crippen LogP contribution >= 0.6 is 0 Å². The molecule has 0 amide bonds. The molecule has 0 aliphatic carbocycles. The first-order valence-electron chi connectivity index (χ1n) is 4.20. The van der Waals surface area contributed by atoms with Crippen LogP contribution in [0.1, 0.15) is 0 Å². The van der Waals surface area contributed by atoms with E-state index in [0.717, 1.165) is 19.2 Å². The molecule has 1 aromatic rings. The molecule has 1 rings (SSSR count). The molecule has 0 unspecified atom stereocenters. The molecule has 0 fully saturated rings. The van der Waals surface area contributed by atoms with E-state index in [1.807, 2.05) is 0 Å². The highest BCUT2D eigenvalue weighted by atomic mass is 19.4. The number of benzene rings is 1. The van der Waals surface area contributed by atoms with E-state index in [1.165, 1.54) is 0 Å². The Labute approximate surface area is 92.7 Å². The van der Waals surface area contributed by atoms with Crippen molar-refractivity contribution in [3.8, 4) is 17.2 Å². The second kappa shape index (κ2) is 5.07. The molecular weight excluding hydrogens is 251 g/mol. The normalized spacial score (nSPS) is 11.5. The van der Waals surface area contributed by atoms with Gasteiger partial charge in [-0.25, -0.2) is 0 Å². The highest BCUT2D eigenvalue weighted by Crippen LogP contribution is 2.34. The number of alkyl halides is 5. The van der Waals surface area contributed by atoms with Crippen LogP contribution < -0.4 is 14.2 Å². The molecule has 0 heterocycles. The van der Waals surface area contributed by atoms with Crippen molar-refractivity contribution in [3.05, 3.63) is 18.2 Å². The van der Waals surface area contributed by atoms with E-state index in [1.54, 1.807) is 0 Å². The zero-order chi connectivity index (χ0) is 13.1. The SMILES string of the molecule is COc1ccc(OC(F)(F)F)cc1OC(F)F. The summed E-state index contributed by atoms with van der Waals surface area (Å²) in [6.45, 7) is -3.18. The van der Waals surface area contributed by atoms with Gasteiger partial charge in [0.15, 0.2) is 11.5 Å².